The van der Waals surface area contributed by atoms with Crippen LogP contribution in [-0.4, -0.2) is 12.7 Å². The van der Waals surface area contributed by atoms with Gasteiger partial charge in [0.25, 0.3) is 0 Å². The molecular weight excluding hydrogens is 274 g/mol. The highest BCUT2D eigenvalue weighted by Gasteiger charge is 2.28. The van der Waals surface area contributed by atoms with E-state index in [0.29, 0.717) is 5.02 Å². The van der Waals surface area contributed by atoms with Crippen molar-refractivity contribution in [3.63, 3.8) is 0 Å². The number of ether oxygens (including phenoxy) is 1. The summed E-state index contributed by atoms with van der Waals surface area (Å²) in [7, 11) is 0. The van der Waals surface area contributed by atoms with Crippen molar-refractivity contribution < 1.29 is 9.53 Å². The Bertz CT molecular complexity index is 650. The molecular formula is C16H12ClNO2. The number of cyclic esters (lactones) is 1. The summed E-state index contributed by atoms with van der Waals surface area (Å²) < 4.78 is 5.12. The maximum Gasteiger partial charge on any atom is 0.419 e. The van der Waals surface area contributed by atoms with E-state index in [4.69, 9.17) is 16.3 Å². The summed E-state index contributed by atoms with van der Waals surface area (Å²) >= 11 is 5.87. The van der Waals surface area contributed by atoms with Gasteiger partial charge in [-0.2, -0.15) is 0 Å². The molecule has 1 aliphatic rings. The summed E-state index contributed by atoms with van der Waals surface area (Å²) in [5.41, 5.74) is 2.59. The van der Waals surface area contributed by atoms with Crippen LogP contribution < -0.4 is 4.90 Å². The van der Waals surface area contributed by atoms with Gasteiger partial charge in [-0.25, -0.2) is 9.69 Å². The molecule has 0 atom stereocenters. The molecule has 0 N–H and O–H groups in total. The molecule has 1 heterocycles. The van der Waals surface area contributed by atoms with Gasteiger partial charge in [0.1, 0.15) is 6.61 Å². The minimum absolute atomic E-state index is 0.274. The number of benzene rings is 2. The molecule has 2 aromatic rings. The number of anilines is 1. The van der Waals surface area contributed by atoms with Crippen LogP contribution in [0.15, 0.2) is 60.3 Å². The minimum Gasteiger partial charge on any atom is -0.442 e. The van der Waals surface area contributed by atoms with Gasteiger partial charge in [-0.1, -0.05) is 41.9 Å². The predicted molar refractivity (Wildman–Crippen MR) is 79.7 cm³/mol. The molecule has 1 aliphatic heterocycles. The van der Waals surface area contributed by atoms with Crippen LogP contribution in [0.3, 0.4) is 0 Å². The van der Waals surface area contributed by atoms with Crippen molar-refractivity contribution in [2.45, 2.75) is 0 Å². The van der Waals surface area contributed by atoms with E-state index < -0.39 is 0 Å². The van der Waals surface area contributed by atoms with Crippen LogP contribution >= 0.6 is 11.6 Å². The van der Waals surface area contributed by atoms with Gasteiger partial charge in [0.05, 0.1) is 11.4 Å². The highest BCUT2D eigenvalue weighted by Crippen LogP contribution is 2.26. The smallest absolute Gasteiger partial charge is 0.419 e. The zero-order chi connectivity index (χ0) is 13.9. The van der Waals surface area contributed by atoms with Crippen molar-refractivity contribution in [1.82, 2.24) is 0 Å². The van der Waals surface area contributed by atoms with Gasteiger partial charge in [0, 0.05) is 5.02 Å². The van der Waals surface area contributed by atoms with Crippen molar-refractivity contribution in [3.05, 3.63) is 70.9 Å². The largest absolute Gasteiger partial charge is 0.442 e. The third-order valence-corrected chi connectivity index (χ3v) is 3.28. The number of para-hydroxylation sites is 1. The van der Waals surface area contributed by atoms with E-state index >= 15 is 0 Å². The molecule has 0 radical (unpaired) electrons. The molecule has 1 amide bonds. The Morgan fingerprint density at radius 3 is 2.45 bits per heavy atom. The van der Waals surface area contributed by atoms with Crippen molar-refractivity contribution in [2.24, 2.45) is 0 Å². The fourth-order valence-corrected chi connectivity index (χ4v) is 2.21. The Kier molecular flexibility index (Phi) is 3.44. The zero-order valence-electron chi connectivity index (χ0n) is 10.6. The van der Waals surface area contributed by atoms with E-state index in [1.165, 1.54) is 0 Å². The predicted octanol–water partition coefficient (Wildman–Crippen LogP) is 4.34. The van der Waals surface area contributed by atoms with E-state index in [-0.39, 0.29) is 12.7 Å². The van der Waals surface area contributed by atoms with Gasteiger partial charge >= 0.3 is 6.09 Å². The fraction of sp³-hybridized carbons (Fsp3) is 0.0625. The maximum atomic E-state index is 11.9. The number of halogens is 1. The molecule has 3 rings (SSSR count). The van der Waals surface area contributed by atoms with Gasteiger partial charge in [0.2, 0.25) is 0 Å². The van der Waals surface area contributed by atoms with Crippen LogP contribution in [0.1, 0.15) is 5.56 Å². The molecule has 0 aromatic heterocycles. The molecule has 1 saturated heterocycles. The highest BCUT2D eigenvalue weighted by molar-refractivity contribution is 6.30. The second-order valence-corrected chi connectivity index (χ2v) is 4.85. The van der Waals surface area contributed by atoms with E-state index in [1.54, 1.807) is 4.90 Å². The van der Waals surface area contributed by atoms with Gasteiger partial charge in [-0.3, -0.25) is 0 Å². The summed E-state index contributed by atoms with van der Waals surface area (Å²) in [6.45, 7) is 0.274. The Hall–Kier alpha value is -2.26. The summed E-state index contributed by atoms with van der Waals surface area (Å²) in [4.78, 5) is 13.4. The Morgan fingerprint density at radius 1 is 1.05 bits per heavy atom. The quantitative estimate of drug-likeness (QED) is 0.821. The first-order chi connectivity index (χ1) is 9.74. The van der Waals surface area contributed by atoms with Gasteiger partial charge in [0.15, 0.2) is 0 Å². The standard InChI is InChI=1S/C16H12ClNO2/c17-13-8-6-12(7-9-13)10-15-11-20-16(19)18(15)14-4-2-1-3-5-14/h1-10H,11H2/b15-10+. The third-order valence-electron chi connectivity index (χ3n) is 3.03. The van der Waals surface area contributed by atoms with E-state index in [1.807, 2.05) is 60.7 Å². The molecule has 2 aromatic carbocycles. The van der Waals surface area contributed by atoms with Crippen molar-refractivity contribution in [2.75, 3.05) is 11.5 Å². The molecule has 0 spiro atoms. The lowest BCUT2D eigenvalue weighted by Gasteiger charge is -2.14. The molecule has 0 aliphatic carbocycles. The summed E-state index contributed by atoms with van der Waals surface area (Å²) in [6.07, 6.45) is 1.57. The van der Waals surface area contributed by atoms with Crippen LogP contribution in [0, 0.1) is 0 Å². The second-order valence-electron chi connectivity index (χ2n) is 4.41. The number of carbonyl (C=O) groups excluding carboxylic acids is 1. The molecule has 3 nitrogen and oxygen atoms in total. The third kappa shape index (κ3) is 2.53. The highest BCUT2D eigenvalue weighted by atomic mass is 35.5. The average Bonchev–Trinajstić information content (AvgIpc) is 2.83. The van der Waals surface area contributed by atoms with Crippen LogP contribution in [0.2, 0.25) is 5.02 Å². The zero-order valence-corrected chi connectivity index (χ0v) is 11.4. The number of rotatable bonds is 2. The number of carbonyl (C=O) groups is 1. The van der Waals surface area contributed by atoms with Crippen LogP contribution in [0.25, 0.3) is 6.08 Å². The van der Waals surface area contributed by atoms with Crippen LogP contribution in [0.5, 0.6) is 0 Å². The lowest BCUT2D eigenvalue weighted by molar-refractivity contribution is 0.182. The lowest BCUT2D eigenvalue weighted by atomic mass is 10.2. The minimum atomic E-state index is -0.351. The van der Waals surface area contributed by atoms with Crippen molar-refractivity contribution in [3.8, 4) is 0 Å². The molecule has 0 bridgehead atoms. The van der Waals surface area contributed by atoms with Gasteiger partial charge < -0.3 is 4.74 Å². The first-order valence-corrected chi connectivity index (χ1v) is 6.60. The normalized spacial score (nSPS) is 16.6. The fourth-order valence-electron chi connectivity index (χ4n) is 2.09. The monoisotopic (exact) mass is 285 g/mol. The topological polar surface area (TPSA) is 29.5 Å². The number of amides is 1. The van der Waals surface area contributed by atoms with Crippen molar-refractivity contribution in [1.29, 1.82) is 0 Å². The summed E-state index contributed by atoms with van der Waals surface area (Å²) in [5, 5.41) is 0.686. The molecule has 4 heteroatoms. The van der Waals surface area contributed by atoms with E-state index in [9.17, 15) is 4.79 Å². The lowest BCUT2D eigenvalue weighted by Crippen LogP contribution is -2.21. The number of nitrogens with zero attached hydrogens (tertiary/aromatic N) is 1. The summed E-state index contributed by atoms with van der Waals surface area (Å²) in [5.74, 6) is 0. The molecule has 0 saturated carbocycles. The van der Waals surface area contributed by atoms with E-state index in [2.05, 4.69) is 0 Å². The van der Waals surface area contributed by atoms with Gasteiger partial charge in [-0.15, -0.1) is 0 Å². The first kappa shape index (κ1) is 12.8. The van der Waals surface area contributed by atoms with Crippen LogP contribution in [0.4, 0.5) is 10.5 Å². The second kappa shape index (κ2) is 5.39. The maximum absolute atomic E-state index is 11.9. The number of hydrogen-bond acceptors (Lipinski definition) is 2. The Balaban J connectivity index is 1.96. The summed E-state index contributed by atoms with van der Waals surface area (Å²) in [6, 6.07) is 16.9. The molecule has 1 fully saturated rings. The Morgan fingerprint density at radius 2 is 1.75 bits per heavy atom. The number of hydrogen-bond donors (Lipinski definition) is 0. The first-order valence-electron chi connectivity index (χ1n) is 6.22. The average molecular weight is 286 g/mol. The molecule has 100 valence electrons. The molecule has 20 heavy (non-hydrogen) atoms. The van der Waals surface area contributed by atoms with Crippen LogP contribution in [-0.2, 0) is 4.74 Å². The SMILES string of the molecule is O=C1OC/C(=C\c2ccc(Cl)cc2)N1c1ccccc1. The molecule has 0 unspecified atom stereocenters. The van der Waals surface area contributed by atoms with Gasteiger partial charge in [-0.05, 0) is 35.9 Å². The Labute approximate surface area is 122 Å². The van der Waals surface area contributed by atoms with Crippen molar-refractivity contribution >= 4 is 29.5 Å². The van der Waals surface area contributed by atoms with E-state index in [0.717, 1.165) is 16.9 Å².